The van der Waals surface area contributed by atoms with Gasteiger partial charge in [-0.2, -0.15) is 0 Å². The molecule has 0 saturated carbocycles. The molecule has 1 unspecified atom stereocenters. The van der Waals surface area contributed by atoms with Crippen LogP contribution in [0.4, 0.5) is 4.39 Å². The van der Waals surface area contributed by atoms with E-state index in [1.165, 1.54) is 6.07 Å². The van der Waals surface area contributed by atoms with Gasteiger partial charge in [-0.05, 0) is 50.2 Å². The van der Waals surface area contributed by atoms with Crippen molar-refractivity contribution in [3.8, 4) is 11.5 Å². The smallest absolute Gasteiger partial charge is 0.146 e. The summed E-state index contributed by atoms with van der Waals surface area (Å²) < 4.78 is 19.8. The van der Waals surface area contributed by atoms with Gasteiger partial charge in [0, 0.05) is 11.6 Å². The summed E-state index contributed by atoms with van der Waals surface area (Å²) >= 11 is 6.12. The van der Waals surface area contributed by atoms with Crippen molar-refractivity contribution in [1.29, 1.82) is 0 Å². The molecule has 112 valence electrons. The number of hydrogen-bond acceptors (Lipinski definition) is 2. The molecule has 0 aliphatic rings. The molecule has 1 atom stereocenters. The second-order valence-corrected chi connectivity index (χ2v) is 5.36. The minimum absolute atomic E-state index is 0.0115. The van der Waals surface area contributed by atoms with Crippen molar-refractivity contribution in [2.45, 2.75) is 26.8 Å². The molecule has 0 aliphatic heterocycles. The van der Waals surface area contributed by atoms with E-state index in [-0.39, 0.29) is 11.9 Å². The molecule has 0 aromatic heterocycles. The van der Waals surface area contributed by atoms with Gasteiger partial charge < -0.3 is 10.1 Å². The summed E-state index contributed by atoms with van der Waals surface area (Å²) in [5.41, 5.74) is 1.32. The fraction of sp³-hybridized carbons (Fsp3) is 0.294. The van der Waals surface area contributed by atoms with Crippen molar-refractivity contribution < 1.29 is 9.13 Å². The second kappa shape index (κ2) is 6.92. The van der Waals surface area contributed by atoms with Crippen molar-refractivity contribution in [3.63, 3.8) is 0 Å². The lowest BCUT2D eigenvalue weighted by atomic mass is 10.0. The van der Waals surface area contributed by atoms with E-state index >= 15 is 0 Å². The minimum Gasteiger partial charge on any atom is -0.455 e. The van der Waals surface area contributed by atoms with Gasteiger partial charge in [-0.15, -0.1) is 0 Å². The molecule has 0 spiro atoms. The zero-order valence-corrected chi connectivity index (χ0v) is 13.2. The molecule has 0 aliphatic carbocycles. The van der Waals surface area contributed by atoms with Crippen LogP contribution in [0, 0.1) is 12.7 Å². The molecule has 2 nitrogen and oxygen atoms in total. The Kier molecular flexibility index (Phi) is 5.21. The fourth-order valence-corrected chi connectivity index (χ4v) is 2.33. The third-order valence-corrected chi connectivity index (χ3v) is 3.64. The van der Waals surface area contributed by atoms with E-state index in [0.717, 1.165) is 12.1 Å². The van der Waals surface area contributed by atoms with Gasteiger partial charge in [0.15, 0.2) is 0 Å². The van der Waals surface area contributed by atoms with Crippen molar-refractivity contribution in [2.24, 2.45) is 0 Å². The van der Waals surface area contributed by atoms with Gasteiger partial charge in [-0.25, -0.2) is 4.39 Å². The van der Waals surface area contributed by atoms with E-state index in [1.807, 2.05) is 26.0 Å². The van der Waals surface area contributed by atoms with Crippen LogP contribution >= 0.6 is 11.6 Å². The average Bonchev–Trinajstić information content (AvgIpc) is 2.45. The molecular weight excluding hydrogens is 289 g/mol. The van der Waals surface area contributed by atoms with E-state index in [0.29, 0.717) is 22.1 Å². The van der Waals surface area contributed by atoms with Gasteiger partial charge in [-0.3, -0.25) is 0 Å². The topological polar surface area (TPSA) is 21.3 Å². The number of benzene rings is 2. The number of rotatable bonds is 5. The SMILES string of the molecule is CCNC(C)c1cc(F)c(C)cc1Oc1ccccc1Cl. The fourth-order valence-electron chi connectivity index (χ4n) is 2.16. The lowest BCUT2D eigenvalue weighted by molar-refractivity contribution is 0.459. The molecule has 0 fully saturated rings. The first-order valence-corrected chi connectivity index (χ1v) is 7.36. The van der Waals surface area contributed by atoms with Crippen LogP contribution in [-0.2, 0) is 0 Å². The summed E-state index contributed by atoms with van der Waals surface area (Å²) in [6.45, 7) is 6.50. The van der Waals surface area contributed by atoms with Gasteiger partial charge in [0.05, 0.1) is 5.02 Å². The van der Waals surface area contributed by atoms with Crippen LogP contribution in [-0.4, -0.2) is 6.54 Å². The number of halogens is 2. The maximum absolute atomic E-state index is 13.9. The van der Waals surface area contributed by atoms with Crippen LogP contribution in [0.3, 0.4) is 0 Å². The Bertz CT molecular complexity index is 630. The van der Waals surface area contributed by atoms with E-state index in [9.17, 15) is 4.39 Å². The summed E-state index contributed by atoms with van der Waals surface area (Å²) in [4.78, 5) is 0. The highest BCUT2D eigenvalue weighted by Crippen LogP contribution is 2.34. The predicted molar refractivity (Wildman–Crippen MR) is 84.8 cm³/mol. The van der Waals surface area contributed by atoms with Gasteiger partial charge in [0.25, 0.3) is 0 Å². The third kappa shape index (κ3) is 3.74. The van der Waals surface area contributed by atoms with Gasteiger partial charge >= 0.3 is 0 Å². The Labute approximate surface area is 129 Å². The Morgan fingerprint density at radius 3 is 2.62 bits per heavy atom. The number of nitrogens with one attached hydrogen (secondary N) is 1. The molecule has 2 rings (SSSR count). The van der Waals surface area contributed by atoms with Crippen LogP contribution in [0.2, 0.25) is 5.02 Å². The maximum atomic E-state index is 13.9. The Hall–Kier alpha value is -1.58. The van der Waals surface area contributed by atoms with Crippen molar-refractivity contribution in [2.75, 3.05) is 6.54 Å². The van der Waals surface area contributed by atoms with Crippen LogP contribution in [0.15, 0.2) is 36.4 Å². The molecule has 0 bridgehead atoms. The molecule has 2 aromatic carbocycles. The maximum Gasteiger partial charge on any atom is 0.146 e. The Morgan fingerprint density at radius 1 is 1.24 bits per heavy atom. The highest BCUT2D eigenvalue weighted by atomic mass is 35.5. The minimum atomic E-state index is -0.235. The Morgan fingerprint density at radius 2 is 1.95 bits per heavy atom. The first-order chi connectivity index (χ1) is 10.0. The molecule has 21 heavy (non-hydrogen) atoms. The van der Waals surface area contributed by atoms with Crippen molar-refractivity contribution in [1.82, 2.24) is 5.32 Å². The quantitative estimate of drug-likeness (QED) is 0.814. The third-order valence-electron chi connectivity index (χ3n) is 3.32. The van der Waals surface area contributed by atoms with Crippen LogP contribution in [0.1, 0.15) is 31.0 Å². The van der Waals surface area contributed by atoms with Crippen LogP contribution < -0.4 is 10.1 Å². The highest BCUT2D eigenvalue weighted by Gasteiger charge is 2.15. The van der Waals surface area contributed by atoms with Crippen molar-refractivity contribution >= 4 is 11.6 Å². The zero-order valence-electron chi connectivity index (χ0n) is 12.4. The molecule has 4 heteroatoms. The first-order valence-electron chi connectivity index (χ1n) is 6.98. The molecular formula is C17H19ClFNO. The van der Waals surface area contributed by atoms with Crippen molar-refractivity contribution in [3.05, 3.63) is 58.4 Å². The second-order valence-electron chi connectivity index (χ2n) is 4.95. The number of hydrogen-bond donors (Lipinski definition) is 1. The molecule has 0 saturated heterocycles. The Balaban J connectivity index is 2.41. The van der Waals surface area contributed by atoms with E-state index in [1.54, 1.807) is 25.1 Å². The van der Waals surface area contributed by atoms with Gasteiger partial charge in [0.1, 0.15) is 17.3 Å². The zero-order chi connectivity index (χ0) is 15.4. The van der Waals surface area contributed by atoms with E-state index in [4.69, 9.17) is 16.3 Å². The number of para-hydroxylation sites is 1. The van der Waals surface area contributed by atoms with Gasteiger partial charge in [0.2, 0.25) is 0 Å². The van der Waals surface area contributed by atoms with Gasteiger partial charge in [-0.1, -0.05) is 30.7 Å². The standard InChI is InChI=1S/C17H19ClFNO/c1-4-20-12(3)13-10-15(19)11(2)9-17(13)21-16-8-6-5-7-14(16)18/h5-10,12,20H,4H2,1-3H3. The molecule has 2 aromatic rings. The monoisotopic (exact) mass is 307 g/mol. The summed E-state index contributed by atoms with van der Waals surface area (Å²) in [5.74, 6) is 0.951. The normalized spacial score (nSPS) is 12.2. The summed E-state index contributed by atoms with van der Waals surface area (Å²) in [6.07, 6.45) is 0. The molecule has 0 heterocycles. The molecule has 0 radical (unpaired) electrons. The van der Waals surface area contributed by atoms with E-state index in [2.05, 4.69) is 5.32 Å². The van der Waals surface area contributed by atoms with Crippen LogP contribution in [0.25, 0.3) is 0 Å². The average molecular weight is 308 g/mol. The predicted octanol–water partition coefficient (Wildman–Crippen LogP) is 5.25. The molecule has 0 amide bonds. The molecule has 1 N–H and O–H groups in total. The largest absolute Gasteiger partial charge is 0.455 e. The lowest BCUT2D eigenvalue weighted by Gasteiger charge is -2.19. The lowest BCUT2D eigenvalue weighted by Crippen LogP contribution is -2.18. The summed E-state index contributed by atoms with van der Waals surface area (Å²) in [6, 6.07) is 10.5. The van der Waals surface area contributed by atoms with Crippen LogP contribution in [0.5, 0.6) is 11.5 Å². The summed E-state index contributed by atoms with van der Waals surface area (Å²) in [5, 5.41) is 3.80. The van der Waals surface area contributed by atoms with E-state index < -0.39 is 0 Å². The first kappa shape index (κ1) is 15.8. The highest BCUT2D eigenvalue weighted by molar-refractivity contribution is 6.32. The number of aryl methyl sites for hydroxylation is 1. The number of ether oxygens (including phenoxy) is 1. The summed E-state index contributed by atoms with van der Waals surface area (Å²) in [7, 11) is 0.